The van der Waals surface area contributed by atoms with Crippen molar-refractivity contribution in [2.45, 2.75) is 19.8 Å². The molecule has 2 aromatic rings. The van der Waals surface area contributed by atoms with Crippen molar-refractivity contribution in [3.05, 3.63) is 40.1 Å². The maximum atomic E-state index is 8.75. The number of rotatable bonds is 4. The lowest BCUT2D eigenvalue weighted by molar-refractivity contribution is 0.280. The van der Waals surface area contributed by atoms with Crippen molar-refractivity contribution < 1.29 is 9.63 Å². The molecule has 0 unspecified atom stereocenters. The number of aliphatic hydroxyl groups excluding tert-OH is 1. The Labute approximate surface area is 109 Å². The monoisotopic (exact) mass is 295 g/mol. The van der Waals surface area contributed by atoms with Crippen LogP contribution < -0.4 is 0 Å². The summed E-state index contributed by atoms with van der Waals surface area (Å²) in [4.78, 5) is 0. The minimum absolute atomic E-state index is 0.173. The fraction of sp³-hybridized carbons (Fsp3) is 0.308. The van der Waals surface area contributed by atoms with E-state index in [1.807, 2.05) is 31.2 Å². The maximum absolute atomic E-state index is 8.75. The molecule has 0 aliphatic carbocycles. The number of hydrogen-bond acceptors (Lipinski definition) is 3. The van der Waals surface area contributed by atoms with E-state index in [4.69, 9.17) is 9.63 Å². The van der Waals surface area contributed by atoms with Crippen LogP contribution in [0.25, 0.3) is 11.3 Å². The molecule has 1 aromatic heterocycles. The van der Waals surface area contributed by atoms with E-state index in [0.717, 1.165) is 27.9 Å². The molecule has 1 heterocycles. The van der Waals surface area contributed by atoms with E-state index < -0.39 is 0 Å². The normalized spacial score (nSPS) is 10.8. The van der Waals surface area contributed by atoms with Gasteiger partial charge in [-0.3, -0.25) is 0 Å². The van der Waals surface area contributed by atoms with Crippen molar-refractivity contribution in [1.29, 1.82) is 0 Å². The average molecular weight is 296 g/mol. The van der Waals surface area contributed by atoms with E-state index in [0.29, 0.717) is 6.42 Å². The Hall–Kier alpha value is -1.13. The standard InChI is InChI=1S/C13H14BrNO2/c1-9-4-5-10(7-12(9)14)13-8-11(17-15-13)3-2-6-16/h4-5,7-8,16H,2-3,6H2,1H3. The Kier molecular flexibility index (Phi) is 3.97. The molecule has 0 fully saturated rings. The lowest BCUT2D eigenvalue weighted by atomic mass is 10.1. The van der Waals surface area contributed by atoms with E-state index in [-0.39, 0.29) is 6.61 Å². The highest BCUT2D eigenvalue weighted by Crippen LogP contribution is 2.25. The Morgan fingerprint density at radius 2 is 2.18 bits per heavy atom. The van der Waals surface area contributed by atoms with Crippen LogP contribution in [0, 0.1) is 6.92 Å². The van der Waals surface area contributed by atoms with Gasteiger partial charge in [-0.2, -0.15) is 0 Å². The van der Waals surface area contributed by atoms with E-state index in [1.165, 1.54) is 5.56 Å². The molecule has 1 aromatic carbocycles. The van der Waals surface area contributed by atoms with Gasteiger partial charge in [-0.1, -0.05) is 33.2 Å². The molecular weight excluding hydrogens is 282 g/mol. The lowest BCUT2D eigenvalue weighted by Crippen LogP contribution is -1.86. The highest BCUT2D eigenvalue weighted by molar-refractivity contribution is 9.10. The third-order valence-corrected chi connectivity index (χ3v) is 3.46. The van der Waals surface area contributed by atoms with Crippen molar-refractivity contribution in [2.75, 3.05) is 6.61 Å². The van der Waals surface area contributed by atoms with Crippen molar-refractivity contribution in [3.63, 3.8) is 0 Å². The predicted molar refractivity (Wildman–Crippen MR) is 69.8 cm³/mol. The van der Waals surface area contributed by atoms with Gasteiger partial charge in [-0.05, 0) is 25.0 Å². The van der Waals surface area contributed by atoms with E-state index >= 15 is 0 Å². The fourth-order valence-electron chi connectivity index (χ4n) is 1.57. The Morgan fingerprint density at radius 1 is 1.35 bits per heavy atom. The molecule has 0 bridgehead atoms. The SMILES string of the molecule is Cc1ccc(-c2cc(CCCO)on2)cc1Br. The van der Waals surface area contributed by atoms with Crippen LogP contribution in [0.3, 0.4) is 0 Å². The molecule has 0 radical (unpaired) electrons. The molecule has 0 saturated carbocycles. The number of halogens is 1. The first kappa shape index (κ1) is 12.3. The molecule has 90 valence electrons. The quantitative estimate of drug-likeness (QED) is 0.941. The topological polar surface area (TPSA) is 46.3 Å². The van der Waals surface area contributed by atoms with Gasteiger partial charge in [0.15, 0.2) is 0 Å². The van der Waals surface area contributed by atoms with E-state index in [2.05, 4.69) is 21.1 Å². The lowest BCUT2D eigenvalue weighted by Gasteiger charge is -1.99. The number of aliphatic hydroxyl groups is 1. The Balaban J connectivity index is 2.21. The highest BCUT2D eigenvalue weighted by Gasteiger charge is 2.07. The summed E-state index contributed by atoms with van der Waals surface area (Å²) in [6.07, 6.45) is 1.42. The van der Waals surface area contributed by atoms with Crippen molar-refractivity contribution in [2.24, 2.45) is 0 Å². The zero-order valence-electron chi connectivity index (χ0n) is 9.61. The van der Waals surface area contributed by atoms with E-state index in [1.54, 1.807) is 0 Å². The second-order valence-electron chi connectivity index (χ2n) is 3.97. The molecule has 4 heteroatoms. The number of aromatic nitrogens is 1. The summed E-state index contributed by atoms with van der Waals surface area (Å²) in [7, 11) is 0. The molecule has 0 aliphatic rings. The first-order valence-electron chi connectivity index (χ1n) is 5.53. The zero-order chi connectivity index (χ0) is 12.3. The molecule has 17 heavy (non-hydrogen) atoms. The van der Waals surface area contributed by atoms with Crippen molar-refractivity contribution >= 4 is 15.9 Å². The van der Waals surface area contributed by atoms with Crippen LogP contribution >= 0.6 is 15.9 Å². The second kappa shape index (κ2) is 5.47. The molecule has 0 spiro atoms. The second-order valence-corrected chi connectivity index (χ2v) is 4.82. The number of aryl methyl sites for hydroxylation is 2. The van der Waals surface area contributed by atoms with Gasteiger partial charge >= 0.3 is 0 Å². The van der Waals surface area contributed by atoms with Gasteiger partial charge in [0, 0.05) is 29.1 Å². The fourth-order valence-corrected chi connectivity index (χ4v) is 1.95. The summed E-state index contributed by atoms with van der Waals surface area (Å²) in [6, 6.07) is 8.02. The molecular formula is C13H14BrNO2. The maximum Gasteiger partial charge on any atom is 0.137 e. The minimum atomic E-state index is 0.173. The van der Waals surface area contributed by atoms with Gasteiger partial charge in [-0.15, -0.1) is 0 Å². The molecule has 0 aliphatic heterocycles. The third kappa shape index (κ3) is 2.96. The number of benzene rings is 1. The van der Waals surface area contributed by atoms with Crippen molar-refractivity contribution in [3.8, 4) is 11.3 Å². The van der Waals surface area contributed by atoms with Crippen LogP contribution in [0.1, 0.15) is 17.7 Å². The summed E-state index contributed by atoms with van der Waals surface area (Å²) in [5.41, 5.74) is 3.05. The predicted octanol–water partition coefficient (Wildman–Crippen LogP) is 3.34. The Bertz CT molecular complexity index is 508. The molecule has 0 amide bonds. The summed E-state index contributed by atoms with van der Waals surface area (Å²) in [5, 5.41) is 12.8. The van der Waals surface area contributed by atoms with Crippen LogP contribution in [-0.4, -0.2) is 16.9 Å². The van der Waals surface area contributed by atoms with Crippen LogP contribution in [0.5, 0.6) is 0 Å². The smallest absolute Gasteiger partial charge is 0.137 e. The first-order valence-corrected chi connectivity index (χ1v) is 6.33. The van der Waals surface area contributed by atoms with Gasteiger partial charge in [0.1, 0.15) is 11.5 Å². The van der Waals surface area contributed by atoms with Gasteiger partial charge in [0.05, 0.1) is 0 Å². The van der Waals surface area contributed by atoms with Crippen LogP contribution in [0.2, 0.25) is 0 Å². The average Bonchev–Trinajstić information content (AvgIpc) is 2.79. The van der Waals surface area contributed by atoms with Gasteiger partial charge < -0.3 is 9.63 Å². The summed E-state index contributed by atoms with van der Waals surface area (Å²) >= 11 is 3.50. The first-order chi connectivity index (χ1) is 8.20. The zero-order valence-corrected chi connectivity index (χ0v) is 11.2. The molecule has 1 N–H and O–H groups in total. The van der Waals surface area contributed by atoms with Crippen LogP contribution in [0.15, 0.2) is 33.3 Å². The molecule has 2 rings (SSSR count). The van der Waals surface area contributed by atoms with Gasteiger partial charge in [0.2, 0.25) is 0 Å². The van der Waals surface area contributed by atoms with Crippen LogP contribution in [-0.2, 0) is 6.42 Å². The number of nitrogens with zero attached hydrogens (tertiary/aromatic N) is 1. The summed E-state index contributed by atoms with van der Waals surface area (Å²) in [5.74, 6) is 0.811. The molecule has 0 saturated heterocycles. The Morgan fingerprint density at radius 3 is 2.88 bits per heavy atom. The number of hydrogen-bond donors (Lipinski definition) is 1. The largest absolute Gasteiger partial charge is 0.396 e. The molecule has 3 nitrogen and oxygen atoms in total. The van der Waals surface area contributed by atoms with Gasteiger partial charge in [-0.25, -0.2) is 0 Å². The van der Waals surface area contributed by atoms with E-state index in [9.17, 15) is 0 Å². The summed E-state index contributed by atoms with van der Waals surface area (Å²) < 4.78 is 6.28. The minimum Gasteiger partial charge on any atom is -0.396 e. The van der Waals surface area contributed by atoms with Gasteiger partial charge in [0.25, 0.3) is 0 Å². The van der Waals surface area contributed by atoms with Crippen molar-refractivity contribution in [1.82, 2.24) is 5.16 Å². The van der Waals surface area contributed by atoms with Crippen LogP contribution in [0.4, 0.5) is 0 Å². The molecule has 0 atom stereocenters. The highest BCUT2D eigenvalue weighted by atomic mass is 79.9. The summed E-state index contributed by atoms with van der Waals surface area (Å²) in [6.45, 7) is 2.22. The third-order valence-electron chi connectivity index (χ3n) is 2.61.